The van der Waals surface area contributed by atoms with E-state index in [2.05, 4.69) is 6.92 Å². The number of amides is 1. The smallest absolute Gasteiger partial charge is 0.338 e. The van der Waals surface area contributed by atoms with Gasteiger partial charge in [0, 0.05) is 19.1 Å². The lowest BCUT2D eigenvalue weighted by Crippen LogP contribution is -2.45. The van der Waals surface area contributed by atoms with Crippen molar-refractivity contribution in [2.45, 2.75) is 64.2 Å². The van der Waals surface area contributed by atoms with Crippen molar-refractivity contribution >= 4 is 5.91 Å². The highest BCUT2D eigenvalue weighted by Gasteiger charge is 2.45. The number of fused-ring (bicyclic) bond motifs is 1. The average Bonchev–Trinajstić information content (AvgIpc) is 2.94. The molecule has 0 saturated heterocycles. The van der Waals surface area contributed by atoms with Gasteiger partial charge in [0.15, 0.2) is 0 Å². The molecule has 0 radical (unpaired) electrons. The third-order valence-electron chi connectivity index (χ3n) is 5.66. The van der Waals surface area contributed by atoms with Crippen molar-refractivity contribution in [3.05, 3.63) is 34.9 Å². The molecule has 1 heterocycles. The predicted octanol–water partition coefficient (Wildman–Crippen LogP) is 3.89. The normalized spacial score (nSPS) is 26.6. The Labute approximate surface area is 146 Å². The monoisotopic (exact) mass is 354 g/mol. The summed E-state index contributed by atoms with van der Waals surface area (Å²) in [7, 11) is 0. The van der Waals surface area contributed by atoms with E-state index < -0.39 is 17.2 Å². The van der Waals surface area contributed by atoms with Gasteiger partial charge < -0.3 is 10.6 Å². The Bertz CT molecular complexity index is 655. The molecule has 1 aromatic rings. The molecular weight excluding hydrogens is 329 g/mol. The van der Waals surface area contributed by atoms with Gasteiger partial charge in [0.2, 0.25) is 5.91 Å². The Kier molecular flexibility index (Phi) is 4.84. The molecule has 1 aromatic carbocycles. The molecular formula is C19H25F3N2O. The number of nitrogens with two attached hydrogens (primary N) is 1. The Morgan fingerprint density at radius 1 is 1.36 bits per heavy atom. The number of carbonyl (C=O) groups is 1. The second-order valence-electron chi connectivity index (χ2n) is 7.49. The zero-order valence-electron chi connectivity index (χ0n) is 14.5. The number of hydrogen-bond donors (Lipinski definition) is 1. The summed E-state index contributed by atoms with van der Waals surface area (Å²) in [6.45, 7) is 2.89. The summed E-state index contributed by atoms with van der Waals surface area (Å²) in [5.74, 6) is 0.0744. The van der Waals surface area contributed by atoms with Gasteiger partial charge in [-0.05, 0) is 55.4 Å². The molecule has 0 aromatic heterocycles. The molecule has 1 aliphatic heterocycles. The van der Waals surface area contributed by atoms with Crippen LogP contribution in [0.2, 0.25) is 0 Å². The summed E-state index contributed by atoms with van der Waals surface area (Å²) in [5.41, 5.74) is 6.51. The Hall–Kier alpha value is -1.56. The van der Waals surface area contributed by atoms with Crippen molar-refractivity contribution in [1.29, 1.82) is 0 Å². The van der Waals surface area contributed by atoms with Gasteiger partial charge >= 0.3 is 6.18 Å². The molecule has 25 heavy (non-hydrogen) atoms. The summed E-state index contributed by atoms with van der Waals surface area (Å²) in [5, 5.41) is 0. The van der Waals surface area contributed by atoms with Crippen LogP contribution in [-0.2, 0) is 23.9 Å². The third-order valence-corrected chi connectivity index (χ3v) is 5.66. The summed E-state index contributed by atoms with van der Waals surface area (Å²) in [4.78, 5) is 14.9. The number of alkyl halides is 3. The molecule has 2 N–H and O–H groups in total. The Morgan fingerprint density at radius 3 is 2.72 bits per heavy atom. The van der Waals surface area contributed by atoms with E-state index in [1.54, 1.807) is 11.0 Å². The lowest BCUT2D eigenvalue weighted by atomic mass is 9.79. The van der Waals surface area contributed by atoms with E-state index in [9.17, 15) is 18.0 Å². The summed E-state index contributed by atoms with van der Waals surface area (Å²) in [6, 6.07) is 3.92. The molecule has 1 aliphatic carbocycles. The molecule has 0 unspecified atom stereocenters. The minimum Gasteiger partial charge on any atom is -0.338 e. The summed E-state index contributed by atoms with van der Waals surface area (Å²) >= 11 is 0. The van der Waals surface area contributed by atoms with Gasteiger partial charge in [0.1, 0.15) is 0 Å². The van der Waals surface area contributed by atoms with Crippen LogP contribution in [0.4, 0.5) is 13.2 Å². The largest absolute Gasteiger partial charge is 0.416 e. The molecule has 2 aliphatic rings. The van der Waals surface area contributed by atoms with Crippen LogP contribution in [0.5, 0.6) is 0 Å². The minimum atomic E-state index is -4.36. The molecule has 1 amide bonds. The molecule has 1 saturated carbocycles. The highest BCUT2D eigenvalue weighted by molar-refractivity contribution is 5.83. The van der Waals surface area contributed by atoms with E-state index >= 15 is 0 Å². The van der Waals surface area contributed by atoms with Crippen LogP contribution < -0.4 is 5.73 Å². The highest BCUT2D eigenvalue weighted by Crippen LogP contribution is 2.44. The van der Waals surface area contributed by atoms with Gasteiger partial charge in [-0.15, -0.1) is 0 Å². The molecule has 138 valence electrons. The SMILES string of the molecule is CCC[C@]1(C(=O)N2CCc3ccc(C(F)(F)F)cc3C2)CC[C@@H](N)C1. The van der Waals surface area contributed by atoms with E-state index in [0.29, 0.717) is 24.9 Å². The molecule has 0 spiro atoms. The van der Waals surface area contributed by atoms with Crippen LogP contribution in [0.3, 0.4) is 0 Å². The van der Waals surface area contributed by atoms with Gasteiger partial charge in [-0.2, -0.15) is 13.2 Å². The molecule has 1 fully saturated rings. The van der Waals surface area contributed by atoms with E-state index in [1.807, 2.05) is 0 Å². The molecule has 2 atom stereocenters. The zero-order chi connectivity index (χ0) is 18.2. The molecule has 3 rings (SSSR count). The van der Waals surface area contributed by atoms with Crippen molar-refractivity contribution in [3.63, 3.8) is 0 Å². The number of benzene rings is 1. The van der Waals surface area contributed by atoms with Crippen LogP contribution in [0.15, 0.2) is 18.2 Å². The fourth-order valence-corrected chi connectivity index (χ4v) is 4.42. The van der Waals surface area contributed by atoms with Crippen LogP contribution in [0, 0.1) is 5.41 Å². The van der Waals surface area contributed by atoms with Crippen LogP contribution in [0.25, 0.3) is 0 Å². The topological polar surface area (TPSA) is 46.3 Å². The first-order valence-corrected chi connectivity index (χ1v) is 8.99. The van der Waals surface area contributed by atoms with Crippen molar-refractivity contribution in [2.75, 3.05) is 6.54 Å². The maximum atomic E-state index is 13.2. The van der Waals surface area contributed by atoms with Crippen LogP contribution in [-0.4, -0.2) is 23.4 Å². The van der Waals surface area contributed by atoms with Gasteiger partial charge in [0.25, 0.3) is 0 Å². The summed E-state index contributed by atoms with van der Waals surface area (Å²) in [6.07, 6.45) is 0.260. The van der Waals surface area contributed by atoms with Gasteiger partial charge in [-0.1, -0.05) is 19.4 Å². The number of carbonyl (C=O) groups excluding carboxylic acids is 1. The fraction of sp³-hybridized carbons (Fsp3) is 0.632. The Balaban J connectivity index is 1.82. The second-order valence-corrected chi connectivity index (χ2v) is 7.49. The molecule has 0 bridgehead atoms. The zero-order valence-corrected chi connectivity index (χ0v) is 14.5. The number of halogens is 3. The standard InChI is InChI=1S/C19H25F3N2O/c1-2-7-18(8-5-16(23)11-18)17(25)24-9-6-13-3-4-15(19(20,21)22)10-14(13)12-24/h3-4,10,16H,2,5-9,11-12,23H2,1H3/t16-,18+/m1/s1. The third kappa shape index (κ3) is 3.54. The number of rotatable bonds is 3. The van der Waals surface area contributed by atoms with Crippen molar-refractivity contribution in [2.24, 2.45) is 11.1 Å². The first-order valence-electron chi connectivity index (χ1n) is 8.99. The van der Waals surface area contributed by atoms with Crippen molar-refractivity contribution in [1.82, 2.24) is 4.90 Å². The first-order chi connectivity index (χ1) is 11.7. The van der Waals surface area contributed by atoms with E-state index in [-0.39, 0.29) is 18.5 Å². The van der Waals surface area contributed by atoms with E-state index in [4.69, 9.17) is 5.73 Å². The second kappa shape index (κ2) is 6.63. The predicted molar refractivity (Wildman–Crippen MR) is 89.7 cm³/mol. The molecule has 6 heteroatoms. The van der Waals surface area contributed by atoms with Gasteiger partial charge in [0.05, 0.1) is 11.0 Å². The van der Waals surface area contributed by atoms with Crippen LogP contribution >= 0.6 is 0 Å². The highest BCUT2D eigenvalue weighted by atomic mass is 19.4. The lowest BCUT2D eigenvalue weighted by molar-refractivity contribution is -0.143. The quantitative estimate of drug-likeness (QED) is 0.895. The van der Waals surface area contributed by atoms with Gasteiger partial charge in [-0.3, -0.25) is 4.79 Å². The Morgan fingerprint density at radius 2 is 2.12 bits per heavy atom. The van der Waals surface area contributed by atoms with Crippen LogP contribution in [0.1, 0.15) is 55.7 Å². The minimum absolute atomic E-state index is 0.0457. The van der Waals surface area contributed by atoms with E-state index in [0.717, 1.165) is 37.3 Å². The van der Waals surface area contributed by atoms with Gasteiger partial charge in [-0.25, -0.2) is 0 Å². The maximum Gasteiger partial charge on any atom is 0.416 e. The fourth-order valence-electron chi connectivity index (χ4n) is 4.42. The number of nitrogens with zero attached hydrogens (tertiary/aromatic N) is 1. The lowest BCUT2D eigenvalue weighted by Gasteiger charge is -2.37. The summed E-state index contributed by atoms with van der Waals surface area (Å²) < 4.78 is 38.9. The average molecular weight is 354 g/mol. The number of hydrogen-bond acceptors (Lipinski definition) is 2. The van der Waals surface area contributed by atoms with Crippen molar-refractivity contribution in [3.8, 4) is 0 Å². The molecule has 3 nitrogen and oxygen atoms in total. The van der Waals surface area contributed by atoms with Crippen molar-refractivity contribution < 1.29 is 18.0 Å². The maximum absolute atomic E-state index is 13.2. The first kappa shape index (κ1) is 18.2. The van der Waals surface area contributed by atoms with E-state index in [1.165, 1.54) is 6.07 Å².